The minimum atomic E-state index is -0.518. The molecule has 1 aromatic heterocycles. The number of hydrogen-bond donors (Lipinski definition) is 1. The first-order valence-electron chi connectivity index (χ1n) is 8.63. The van der Waals surface area contributed by atoms with Gasteiger partial charge in [0.15, 0.2) is 5.79 Å². The van der Waals surface area contributed by atoms with Gasteiger partial charge in [-0.1, -0.05) is 25.1 Å². The summed E-state index contributed by atoms with van der Waals surface area (Å²) in [5.41, 5.74) is 1.90. The summed E-state index contributed by atoms with van der Waals surface area (Å²) in [4.78, 5) is 16.4. The average molecular weight is 340 g/mol. The van der Waals surface area contributed by atoms with Crippen molar-refractivity contribution in [2.45, 2.75) is 26.1 Å². The van der Waals surface area contributed by atoms with Gasteiger partial charge in [0.2, 0.25) is 5.91 Å². The van der Waals surface area contributed by atoms with Crippen molar-refractivity contribution in [3.63, 3.8) is 0 Å². The molecular formula is C20H24N2O3. The second kappa shape index (κ2) is 7.76. The average Bonchev–Trinajstić information content (AvgIpc) is 3.04. The number of fused-ring (bicyclic) bond motifs is 1. The van der Waals surface area contributed by atoms with Crippen LogP contribution in [0.4, 0.5) is 0 Å². The Morgan fingerprint density at radius 2 is 2.08 bits per heavy atom. The first-order chi connectivity index (χ1) is 12.1. The molecule has 1 aliphatic heterocycles. The van der Waals surface area contributed by atoms with Gasteiger partial charge in [0.1, 0.15) is 0 Å². The van der Waals surface area contributed by atoms with Crippen molar-refractivity contribution in [2.24, 2.45) is 5.92 Å². The number of aromatic nitrogens is 1. The quantitative estimate of drug-likeness (QED) is 0.821. The summed E-state index contributed by atoms with van der Waals surface area (Å²) in [5, 5.41) is 3.97. The fourth-order valence-corrected chi connectivity index (χ4v) is 3.14. The van der Waals surface area contributed by atoms with Gasteiger partial charge in [-0.05, 0) is 36.6 Å². The van der Waals surface area contributed by atoms with E-state index in [0.29, 0.717) is 19.8 Å². The van der Waals surface area contributed by atoms with E-state index in [2.05, 4.69) is 17.2 Å². The largest absolute Gasteiger partial charge is 0.352 e. The molecule has 0 radical (unpaired) electrons. The Morgan fingerprint density at radius 3 is 2.88 bits per heavy atom. The molecule has 25 heavy (non-hydrogen) atoms. The SMILES string of the molecule is C[C@H](CNC(=O)/C=C/c1ccnc2ccccc12)CC1(C)OCCO1. The number of carbonyl (C=O) groups is 1. The van der Waals surface area contributed by atoms with Crippen molar-refractivity contribution in [1.82, 2.24) is 10.3 Å². The third kappa shape index (κ3) is 4.65. The molecule has 3 rings (SSSR count). The highest BCUT2D eigenvalue weighted by atomic mass is 16.7. The minimum absolute atomic E-state index is 0.105. The van der Waals surface area contributed by atoms with Gasteiger partial charge in [-0.2, -0.15) is 0 Å². The normalized spacial score (nSPS) is 17.8. The highest BCUT2D eigenvalue weighted by Crippen LogP contribution is 2.26. The van der Waals surface area contributed by atoms with Gasteiger partial charge in [-0.3, -0.25) is 9.78 Å². The highest BCUT2D eigenvalue weighted by molar-refractivity contribution is 5.95. The van der Waals surface area contributed by atoms with E-state index in [1.54, 1.807) is 12.3 Å². The predicted molar refractivity (Wildman–Crippen MR) is 97.9 cm³/mol. The molecule has 5 nitrogen and oxygen atoms in total. The Morgan fingerprint density at radius 1 is 1.32 bits per heavy atom. The third-order valence-electron chi connectivity index (χ3n) is 4.34. The number of nitrogens with zero attached hydrogens (tertiary/aromatic N) is 1. The molecule has 0 unspecified atom stereocenters. The molecule has 0 saturated carbocycles. The molecule has 1 amide bonds. The maximum Gasteiger partial charge on any atom is 0.244 e. The van der Waals surface area contributed by atoms with Crippen molar-refractivity contribution in [2.75, 3.05) is 19.8 Å². The molecular weight excluding hydrogens is 316 g/mol. The number of para-hydroxylation sites is 1. The van der Waals surface area contributed by atoms with Gasteiger partial charge in [0, 0.05) is 30.6 Å². The van der Waals surface area contributed by atoms with Gasteiger partial charge < -0.3 is 14.8 Å². The fourth-order valence-electron chi connectivity index (χ4n) is 3.14. The Labute approximate surface area is 148 Å². The number of pyridine rings is 1. The van der Waals surface area contributed by atoms with Crippen LogP contribution in [0.5, 0.6) is 0 Å². The van der Waals surface area contributed by atoms with Crippen LogP contribution in [-0.4, -0.2) is 36.4 Å². The summed E-state index contributed by atoms with van der Waals surface area (Å²) >= 11 is 0. The summed E-state index contributed by atoms with van der Waals surface area (Å²) in [6, 6.07) is 9.79. The molecule has 132 valence electrons. The molecule has 2 aromatic rings. The number of rotatable bonds is 6. The molecule has 1 atom stereocenters. The van der Waals surface area contributed by atoms with E-state index in [-0.39, 0.29) is 11.8 Å². The van der Waals surface area contributed by atoms with E-state index in [0.717, 1.165) is 22.9 Å². The van der Waals surface area contributed by atoms with E-state index >= 15 is 0 Å². The van der Waals surface area contributed by atoms with Crippen LogP contribution in [0.3, 0.4) is 0 Å². The molecule has 5 heteroatoms. The number of amides is 1. The second-order valence-corrected chi connectivity index (χ2v) is 6.64. The monoisotopic (exact) mass is 340 g/mol. The molecule has 0 spiro atoms. The highest BCUT2D eigenvalue weighted by Gasteiger charge is 2.32. The van der Waals surface area contributed by atoms with E-state index in [9.17, 15) is 4.79 Å². The predicted octanol–water partition coefficient (Wildman–Crippen LogP) is 3.15. The van der Waals surface area contributed by atoms with Crippen LogP contribution < -0.4 is 5.32 Å². The van der Waals surface area contributed by atoms with Crippen molar-refractivity contribution in [3.05, 3.63) is 48.2 Å². The topological polar surface area (TPSA) is 60.5 Å². The lowest BCUT2D eigenvalue weighted by Gasteiger charge is -2.25. The van der Waals surface area contributed by atoms with Crippen LogP contribution in [-0.2, 0) is 14.3 Å². The van der Waals surface area contributed by atoms with E-state index < -0.39 is 5.79 Å². The number of hydrogen-bond acceptors (Lipinski definition) is 4. The lowest BCUT2D eigenvalue weighted by atomic mass is 10.0. The van der Waals surface area contributed by atoms with Gasteiger partial charge in [0.05, 0.1) is 18.7 Å². The summed E-state index contributed by atoms with van der Waals surface area (Å²) in [6.45, 7) is 5.89. The first-order valence-corrected chi connectivity index (χ1v) is 8.63. The fraction of sp³-hybridized carbons (Fsp3) is 0.400. The van der Waals surface area contributed by atoms with Crippen molar-refractivity contribution >= 4 is 22.9 Å². The number of ether oxygens (including phenoxy) is 2. The van der Waals surface area contributed by atoms with Crippen molar-refractivity contribution in [1.29, 1.82) is 0 Å². The molecule has 1 aromatic carbocycles. The third-order valence-corrected chi connectivity index (χ3v) is 4.34. The lowest BCUT2D eigenvalue weighted by molar-refractivity contribution is -0.154. The van der Waals surface area contributed by atoms with Gasteiger partial charge >= 0.3 is 0 Å². The standard InChI is InChI=1S/C20H24N2O3/c1-15(13-20(2)24-11-12-25-20)14-22-19(23)8-7-16-9-10-21-18-6-4-3-5-17(16)18/h3-10,15H,11-14H2,1-2H3,(H,22,23)/b8-7+/t15-/m0/s1. The molecule has 0 aliphatic carbocycles. The van der Waals surface area contributed by atoms with Gasteiger partial charge in [-0.15, -0.1) is 0 Å². The number of carbonyl (C=O) groups excluding carboxylic acids is 1. The summed E-state index contributed by atoms with van der Waals surface area (Å²) in [6.07, 6.45) is 5.91. The summed E-state index contributed by atoms with van der Waals surface area (Å²) < 4.78 is 11.2. The van der Waals surface area contributed by atoms with E-state index in [1.165, 1.54) is 0 Å². The summed E-state index contributed by atoms with van der Waals surface area (Å²) in [7, 11) is 0. The molecule has 1 fully saturated rings. The lowest BCUT2D eigenvalue weighted by Crippen LogP contribution is -2.33. The van der Waals surface area contributed by atoms with Crippen LogP contribution in [0.15, 0.2) is 42.6 Å². The van der Waals surface area contributed by atoms with E-state index in [4.69, 9.17) is 9.47 Å². The van der Waals surface area contributed by atoms with Crippen molar-refractivity contribution in [3.8, 4) is 0 Å². The Kier molecular flexibility index (Phi) is 5.46. The van der Waals surface area contributed by atoms with Crippen LogP contribution in [0, 0.1) is 5.92 Å². The van der Waals surface area contributed by atoms with Crippen LogP contribution in [0.2, 0.25) is 0 Å². The Bertz CT molecular complexity index is 761. The van der Waals surface area contributed by atoms with Gasteiger partial charge in [-0.25, -0.2) is 0 Å². The minimum Gasteiger partial charge on any atom is -0.352 e. The zero-order valence-corrected chi connectivity index (χ0v) is 14.7. The van der Waals surface area contributed by atoms with Crippen LogP contribution >= 0.6 is 0 Å². The second-order valence-electron chi connectivity index (χ2n) is 6.64. The number of nitrogens with one attached hydrogen (secondary N) is 1. The maximum absolute atomic E-state index is 12.1. The first kappa shape index (κ1) is 17.6. The zero-order chi connectivity index (χ0) is 17.7. The molecule has 2 heterocycles. The molecule has 1 N–H and O–H groups in total. The maximum atomic E-state index is 12.1. The molecule has 0 bridgehead atoms. The molecule has 1 aliphatic rings. The Balaban J connectivity index is 1.54. The molecule has 1 saturated heterocycles. The van der Waals surface area contributed by atoms with Gasteiger partial charge in [0.25, 0.3) is 0 Å². The summed E-state index contributed by atoms with van der Waals surface area (Å²) in [5.74, 6) is -0.357. The van der Waals surface area contributed by atoms with Crippen LogP contribution in [0.25, 0.3) is 17.0 Å². The zero-order valence-electron chi connectivity index (χ0n) is 14.7. The van der Waals surface area contributed by atoms with E-state index in [1.807, 2.05) is 43.3 Å². The van der Waals surface area contributed by atoms with Crippen LogP contribution in [0.1, 0.15) is 25.8 Å². The van der Waals surface area contributed by atoms with Crippen molar-refractivity contribution < 1.29 is 14.3 Å². The number of benzene rings is 1. The Hall–Kier alpha value is -2.24. The smallest absolute Gasteiger partial charge is 0.244 e.